The van der Waals surface area contributed by atoms with Crippen LogP contribution in [0.3, 0.4) is 0 Å². The molecule has 0 N–H and O–H groups in total. The van der Waals surface area contributed by atoms with Gasteiger partial charge in [0, 0.05) is 0 Å². The van der Waals surface area contributed by atoms with Crippen LogP contribution in [0.4, 0.5) is 39.5 Å². The van der Waals surface area contributed by atoms with Crippen LogP contribution in [-0.4, -0.2) is 38.3 Å². The molecule has 1 aliphatic rings. The van der Waals surface area contributed by atoms with Gasteiger partial charge in [-0.25, -0.2) is 0 Å². The molecule has 1 heterocycles. The maximum atomic E-state index is 13.1. The predicted molar refractivity (Wildman–Crippen MR) is 99.9 cm³/mol. The van der Waals surface area contributed by atoms with Crippen molar-refractivity contribution in [2.75, 3.05) is 19.8 Å². The van der Waals surface area contributed by atoms with Crippen molar-refractivity contribution in [1.29, 1.82) is 0 Å². The van der Waals surface area contributed by atoms with E-state index < -0.39 is 57.6 Å². The number of para-hydroxylation sites is 2. The summed E-state index contributed by atoms with van der Waals surface area (Å²) in [7, 11) is -6.82. The van der Waals surface area contributed by atoms with Crippen LogP contribution in [0, 0.1) is 0 Å². The number of rotatable bonds is 6. The first-order chi connectivity index (χ1) is 15.6. The molecule has 0 unspecified atom stereocenters. The molecule has 2 aromatic carbocycles. The molecule has 0 radical (unpaired) electrons. The zero-order valence-corrected chi connectivity index (χ0v) is 17.7. The molecule has 0 aromatic heterocycles. The van der Waals surface area contributed by atoms with Gasteiger partial charge in [-0.05, 0) is 0 Å². The van der Waals surface area contributed by atoms with E-state index in [0.29, 0.717) is 0 Å². The van der Waals surface area contributed by atoms with Crippen LogP contribution in [-0.2, 0) is 20.0 Å². The fraction of sp³-hybridized carbons (Fsp3) is 0.368. The van der Waals surface area contributed by atoms with E-state index in [4.69, 9.17) is 9.05 Å². The molecule has 0 spiro atoms. The Morgan fingerprint density at radius 3 is 1.24 bits per heavy atom. The van der Waals surface area contributed by atoms with Gasteiger partial charge in [0.15, 0.2) is 0 Å². The molecule has 34 heavy (non-hydrogen) atoms. The summed E-state index contributed by atoms with van der Waals surface area (Å²) < 4.78 is 142. The molecule has 5 nitrogen and oxygen atoms in total. The van der Waals surface area contributed by atoms with Crippen molar-refractivity contribution in [3.8, 4) is 11.5 Å². The Labute approximate surface area is 186 Å². The van der Waals surface area contributed by atoms with Crippen molar-refractivity contribution in [3.05, 3.63) is 59.7 Å². The van der Waals surface area contributed by atoms with Gasteiger partial charge in [-0.3, -0.25) is 0 Å². The third kappa shape index (κ3) is 6.87. The standard InChI is InChI=1S/C19H16F9O5P/c20-17(21,22)10-29-34(30-11-18(23,24)25,31-12-19(26,27)28)32-15-7-3-1-5-13(15)9-14-6-2-4-8-16(14)33-34/h1-8H,9-12H2. The van der Waals surface area contributed by atoms with E-state index in [9.17, 15) is 39.5 Å². The predicted octanol–water partition coefficient (Wildman–Crippen LogP) is 6.91. The summed E-state index contributed by atoms with van der Waals surface area (Å²) in [5, 5.41) is 0. The molecule has 0 saturated carbocycles. The average Bonchev–Trinajstić information content (AvgIpc) is 2.70. The van der Waals surface area contributed by atoms with E-state index in [2.05, 4.69) is 13.6 Å². The van der Waals surface area contributed by atoms with Crippen LogP contribution in [0.1, 0.15) is 11.1 Å². The molecule has 0 amide bonds. The van der Waals surface area contributed by atoms with Crippen LogP contribution in [0.15, 0.2) is 48.5 Å². The minimum absolute atomic E-state index is 0.0106. The van der Waals surface area contributed by atoms with Crippen LogP contribution >= 0.6 is 7.74 Å². The fourth-order valence-electron chi connectivity index (χ4n) is 2.83. The Kier molecular flexibility index (Phi) is 7.02. The van der Waals surface area contributed by atoms with Crippen molar-refractivity contribution in [1.82, 2.24) is 0 Å². The van der Waals surface area contributed by atoms with Gasteiger partial charge in [0.1, 0.15) is 0 Å². The Morgan fingerprint density at radius 2 is 0.912 bits per heavy atom. The number of hydrogen-bond donors (Lipinski definition) is 0. The molecule has 0 atom stereocenters. The van der Waals surface area contributed by atoms with E-state index in [0.717, 1.165) is 12.1 Å². The van der Waals surface area contributed by atoms with Gasteiger partial charge in [0.25, 0.3) is 0 Å². The zero-order chi connectivity index (χ0) is 25.3. The van der Waals surface area contributed by atoms with Crippen molar-refractivity contribution < 1.29 is 62.1 Å². The Hall–Kier alpha value is -2.28. The van der Waals surface area contributed by atoms with Crippen molar-refractivity contribution >= 4 is 7.74 Å². The Morgan fingerprint density at radius 1 is 0.588 bits per heavy atom. The second kappa shape index (κ2) is 9.06. The van der Waals surface area contributed by atoms with E-state index in [-0.39, 0.29) is 17.5 Å². The van der Waals surface area contributed by atoms with Crippen molar-refractivity contribution in [2.24, 2.45) is 0 Å². The van der Waals surface area contributed by atoms with Gasteiger partial charge in [-0.1, -0.05) is 0 Å². The summed E-state index contributed by atoms with van der Waals surface area (Å²) >= 11 is 0. The molecule has 190 valence electrons. The normalized spacial score (nSPS) is 18.7. The quantitative estimate of drug-likeness (QED) is 0.302. The molecule has 3 rings (SSSR count). The second-order valence-corrected chi connectivity index (χ2v) is 9.62. The SMILES string of the molecule is FC(F)(F)COP1(OCC(F)(F)F)(OCC(F)(F)F)Oc2ccccc2Cc2ccccc2O1. The average molecular weight is 526 g/mol. The molecule has 1 aliphatic heterocycles. The molecule has 0 saturated heterocycles. The Balaban J connectivity index is 2.26. The molecule has 2 aromatic rings. The monoisotopic (exact) mass is 526 g/mol. The van der Waals surface area contributed by atoms with Gasteiger partial charge in [-0.2, -0.15) is 0 Å². The van der Waals surface area contributed by atoms with Gasteiger partial charge in [-0.15, -0.1) is 0 Å². The number of halogens is 9. The van der Waals surface area contributed by atoms with Crippen molar-refractivity contribution in [2.45, 2.75) is 24.9 Å². The van der Waals surface area contributed by atoms with Crippen LogP contribution in [0.5, 0.6) is 11.5 Å². The van der Waals surface area contributed by atoms with Crippen molar-refractivity contribution in [3.63, 3.8) is 0 Å². The van der Waals surface area contributed by atoms with E-state index in [1.807, 2.05) is 0 Å². The summed E-state index contributed by atoms with van der Waals surface area (Å²) in [4.78, 5) is 0. The van der Waals surface area contributed by atoms with Gasteiger partial charge in [0.2, 0.25) is 0 Å². The van der Waals surface area contributed by atoms with E-state index in [1.165, 1.54) is 36.4 Å². The number of fused-ring (bicyclic) bond motifs is 2. The van der Waals surface area contributed by atoms with Gasteiger partial charge >= 0.3 is 186 Å². The molecular formula is C19H16F9O5P. The van der Waals surface area contributed by atoms with Gasteiger partial charge < -0.3 is 0 Å². The van der Waals surface area contributed by atoms with Crippen LogP contribution < -0.4 is 9.05 Å². The summed E-state index contributed by atoms with van der Waals surface area (Å²) in [5.74, 6) is -0.887. The minimum atomic E-state index is -6.82. The summed E-state index contributed by atoms with van der Waals surface area (Å²) in [6.07, 6.45) is -15.7. The molecule has 0 aliphatic carbocycles. The van der Waals surface area contributed by atoms with Crippen LogP contribution in [0.2, 0.25) is 0 Å². The second-order valence-electron chi connectivity index (χ2n) is 6.99. The van der Waals surface area contributed by atoms with Crippen LogP contribution in [0.25, 0.3) is 0 Å². The third-order valence-corrected chi connectivity index (χ3v) is 6.78. The topological polar surface area (TPSA) is 46.2 Å². The number of alkyl halides is 9. The number of hydrogen-bond acceptors (Lipinski definition) is 5. The zero-order valence-electron chi connectivity index (χ0n) is 16.8. The molecular weight excluding hydrogens is 510 g/mol. The fourth-order valence-corrected chi connectivity index (χ4v) is 5.48. The summed E-state index contributed by atoms with van der Waals surface area (Å²) in [6, 6.07) is 10.5. The number of benzene rings is 2. The van der Waals surface area contributed by atoms with Gasteiger partial charge in [0.05, 0.1) is 0 Å². The summed E-state index contributed by atoms with van der Waals surface area (Å²) in [5.41, 5.74) is 0.378. The maximum absolute atomic E-state index is 13.1. The molecule has 0 bridgehead atoms. The molecule has 0 fully saturated rings. The first-order valence-electron chi connectivity index (χ1n) is 9.31. The first kappa shape index (κ1) is 26.3. The third-order valence-electron chi connectivity index (χ3n) is 4.14. The molecule has 15 heteroatoms. The Bertz CT molecular complexity index is 907. The first-order valence-corrected chi connectivity index (χ1v) is 11.1. The summed E-state index contributed by atoms with van der Waals surface area (Å²) in [6.45, 7) is -7.19. The van der Waals surface area contributed by atoms with E-state index >= 15 is 0 Å². The van der Waals surface area contributed by atoms with E-state index in [1.54, 1.807) is 0 Å².